The van der Waals surface area contributed by atoms with Gasteiger partial charge in [-0.3, -0.25) is 0 Å². The van der Waals surface area contributed by atoms with Crippen molar-refractivity contribution in [3.8, 4) is 0 Å². The van der Waals surface area contributed by atoms with E-state index < -0.39 is 0 Å². The third-order valence-corrected chi connectivity index (χ3v) is 3.26. The van der Waals surface area contributed by atoms with E-state index in [-0.39, 0.29) is 0 Å². The summed E-state index contributed by atoms with van der Waals surface area (Å²) in [7, 11) is 0. The third-order valence-electron chi connectivity index (χ3n) is 2.32. The highest BCUT2D eigenvalue weighted by Gasteiger charge is 2.13. The highest BCUT2D eigenvalue weighted by molar-refractivity contribution is 7.99. The molecule has 0 bridgehead atoms. The lowest BCUT2D eigenvalue weighted by molar-refractivity contribution is 0.122. The first-order chi connectivity index (χ1) is 7.75. The van der Waals surface area contributed by atoms with Gasteiger partial charge in [-0.2, -0.15) is 0 Å². The molecular formula is C11H17N3OS. The van der Waals surface area contributed by atoms with Gasteiger partial charge in [0.25, 0.3) is 0 Å². The van der Waals surface area contributed by atoms with Crippen LogP contribution in [0.5, 0.6) is 0 Å². The average Bonchev–Trinajstić information content (AvgIpc) is 2.30. The van der Waals surface area contributed by atoms with Gasteiger partial charge in [-0.1, -0.05) is 13.8 Å². The summed E-state index contributed by atoms with van der Waals surface area (Å²) in [5.41, 5.74) is 0. The van der Waals surface area contributed by atoms with Crippen LogP contribution >= 0.6 is 11.8 Å². The molecular weight excluding hydrogens is 222 g/mol. The number of thioether (sulfide) groups is 1. The monoisotopic (exact) mass is 239 g/mol. The van der Waals surface area contributed by atoms with E-state index in [9.17, 15) is 0 Å². The highest BCUT2D eigenvalue weighted by Crippen LogP contribution is 2.23. The van der Waals surface area contributed by atoms with Crippen LogP contribution in [0.4, 0.5) is 5.82 Å². The van der Waals surface area contributed by atoms with Crippen LogP contribution in [0.15, 0.2) is 17.4 Å². The molecule has 5 heteroatoms. The molecule has 1 aliphatic heterocycles. The summed E-state index contributed by atoms with van der Waals surface area (Å²) in [6.07, 6.45) is 1.65. The van der Waals surface area contributed by atoms with Crippen molar-refractivity contribution < 1.29 is 4.74 Å². The predicted molar refractivity (Wildman–Crippen MR) is 66.1 cm³/mol. The smallest absolute Gasteiger partial charge is 0.133 e. The number of morpholine rings is 1. The molecule has 88 valence electrons. The van der Waals surface area contributed by atoms with E-state index in [1.807, 2.05) is 0 Å². The van der Waals surface area contributed by atoms with E-state index in [2.05, 4.69) is 34.8 Å². The van der Waals surface area contributed by atoms with Crippen molar-refractivity contribution in [2.24, 2.45) is 0 Å². The van der Waals surface area contributed by atoms with Crippen molar-refractivity contribution in [3.05, 3.63) is 12.4 Å². The fourth-order valence-electron chi connectivity index (χ4n) is 1.60. The number of nitrogens with zero attached hydrogens (tertiary/aromatic N) is 3. The molecule has 0 radical (unpaired) electrons. The first-order valence-electron chi connectivity index (χ1n) is 5.57. The van der Waals surface area contributed by atoms with Gasteiger partial charge in [0.2, 0.25) is 0 Å². The molecule has 16 heavy (non-hydrogen) atoms. The Labute approximate surface area is 100 Å². The number of anilines is 1. The van der Waals surface area contributed by atoms with Crippen molar-refractivity contribution >= 4 is 17.6 Å². The summed E-state index contributed by atoms with van der Waals surface area (Å²) in [5, 5.41) is 1.60. The molecule has 0 amide bonds. The molecule has 1 aromatic heterocycles. The Kier molecular flexibility index (Phi) is 4.01. The molecule has 0 spiro atoms. The van der Waals surface area contributed by atoms with E-state index in [4.69, 9.17) is 4.74 Å². The Morgan fingerprint density at radius 1 is 1.31 bits per heavy atom. The predicted octanol–water partition coefficient (Wildman–Crippen LogP) is 1.81. The van der Waals surface area contributed by atoms with Crippen LogP contribution in [0.25, 0.3) is 0 Å². The van der Waals surface area contributed by atoms with Gasteiger partial charge in [0.05, 0.1) is 13.2 Å². The minimum absolute atomic E-state index is 0.549. The number of aromatic nitrogens is 2. The fourth-order valence-corrected chi connectivity index (χ4v) is 2.37. The van der Waals surface area contributed by atoms with Gasteiger partial charge in [0.15, 0.2) is 0 Å². The zero-order valence-corrected chi connectivity index (χ0v) is 10.5. The van der Waals surface area contributed by atoms with Crippen molar-refractivity contribution in [1.29, 1.82) is 0 Å². The number of ether oxygens (including phenoxy) is 1. The average molecular weight is 239 g/mol. The van der Waals surface area contributed by atoms with E-state index in [1.165, 1.54) is 0 Å². The summed E-state index contributed by atoms with van der Waals surface area (Å²) in [4.78, 5) is 10.8. The zero-order valence-electron chi connectivity index (χ0n) is 9.72. The van der Waals surface area contributed by atoms with Gasteiger partial charge in [-0.25, -0.2) is 9.97 Å². The van der Waals surface area contributed by atoms with Crippen LogP contribution in [0.1, 0.15) is 13.8 Å². The summed E-state index contributed by atoms with van der Waals surface area (Å²) < 4.78 is 5.33. The first-order valence-corrected chi connectivity index (χ1v) is 6.45. The molecule has 2 heterocycles. The maximum Gasteiger partial charge on any atom is 0.133 e. The van der Waals surface area contributed by atoms with Gasteiger partial charge in [-0.15, -0.1) is 11.8 Å². The quantitative estimate of drug-likeness (QED) is 0.594. The molecule has 0 unspecified atom stereocenters. The maximum atomic E-state index is 5.33. The van der Waals surface area contributed by atoms with Gasteiger partial charge in [0, 0.05) is 24.4 Å². The zero-order chi connectivity index (χ0) is 11.4. The molecule has 0 aliphatic carbocycles. The SMILES string of the molecule is CC(C)Sc1cc(N2CCOCC2)ncn1. The molecule has 0 N–H and O–H groups in total. The molecule has 1 aliphatic rings. The standard InChI is InChI=1S/C11H17N3OS/c1-9(2)16-11-7-10(12-8-13-11)14-3-5-15-6-4-14/h7-9H,3-6H2,1-2H3. The molecule has 1 fully saturated rings. The molecule has 0 saturated carbocycles. The lowest BCUT2D eigenvalue weighted by atomic mass is 10.4. The largest absolute Gasteiger partial charge is 0.378 e. The molecule has 2 rings (SSSR count). The van der Waals surface area contributed by atoms with E-state index in [0.717, 1.165) is 37.1 Å². The molecule has 0 atom stereocenters. The highest BCUT2D eigenvalue weighted by atomic mass is 32.2. The topological polar surface area (TPSA) is 38.2 Å². The Balaban J connectivity index is 2.08. The molecule has 0 aromatic carbocycles. The van der Waals surface area contributed by atoms with Crippen LogP contribution in [0, 0.1) is 0 Å². The van der Waals surface area contributed by atoms with E-state index in [0.29, 0.717) is 5.25 Å². The van der Waals surface area contributed by atoms with E-state index in [1.54, 1.807) is 18.1 Å². The molecule has 1 aromatic rings. The fraction of sp³-hybridized carbons (Fsp3) is 0.636. The lowest BCUT2D eigenvalue weighted by Gasteiger charge is -2.27. The second kappa shape index (κ2) is 5.50. The van der Waals surface area contributed by atoms with Gasteiger partial charge >= 0.3 is 0 Å². The van der Waals surface area contributed by atoms with E-state index >= 15 is 0 Å². The summed E-state index contributed by atoms with van der Waals surface area (Å²) in [6.45, 7) is 7.75. The Hall–Kier alpha value is -0.810. The van der Waals surface area contributed by atoms with Crippen molar-refractivity contribution in [1.82, 2.24) is 9.97 Å². The maximum absolute atomic E-state index is 5.33. The second-order valence-electron chi connectivity index (χ2n) is 3.98. The summed E-state index contributed by atoms with van der Waals surface area (Å²) in [6, 6.07) is 2.07. The number of rotatable bonds is 3. The Morgan fingerprint density at radius 3 is 2.75 bits per heavy atom. The molecule has 1 saturated heterocycles. The van der Waals surface area contributed by atoms with Gasteiger partial charge < -0.3 is 9.64 Å². The van der Waals surface area contributed by atoms with Gasteiger partial charge in [0.1, 0.15) is 17.2 Å². The van der Waals surface area contributed by atoms with Gasteiger partial charge in [-0.05, 0) is 0 Å². The second-order valence-corrected chi connectivity index (χ2v) is 5.58. The van der Waals surface area contributed by atoms with Crippen LogP contribution in [0.2, 0.25) is 0 Å². The van der Waals surface area contributed by atoms with Crippen LogP contribution < -0.4 is 4.90 Å². The van der Waals surface area contributed by atoms with Crippen molar-refractivity contribution in [2.75, 3.05) is 31.2 Å². The minimum atomic E-state index is 0.549. The molecule has 4 nitrogen and oxygen atoms in total. The number of hydrogen-bond acceptors (Lipinski definition) is 5. The van der Waals surface area contributed by atoms with Crippen molar-refractivity contribution in [3.63, 3.8) is 0 Å². The Bertz CT molecular complexity index is 340. The third kappa shape index (κ3) is 3.09. The lowest BCUT2D eigenvalue weighted by Crippen LogP contribution is -2.36. The normalized spacial score (nSPS) is 16.8. The minimum Gasteiger partial charge on any atom is -0.378 e. The Morgan fingerprint density at radius 2 is 2.06 bits per heavy atom. The summed E-state index contributed by atoms with van der Waals surface area (Å²) >= 11 is 1.77. The number of hydrogen-bond donors (Lipinski definition) is 0. The van der Waals surface area contributed by atoms with Crippen LogP contribution in [0.3, 0.4) is 0 Å². The summed E-state index contributed by atoms with van der Waals surface area (Å²) in [5.74, 6) is 1.02. The van der Waals surface area contributed by atoms with Crippen LogP contribution in [-0.4, -0.2) is 41.5 Å². The van der Waals surface area contributed by atoms with Crippen molar-refractivity contribution in [2.45, 2.75) is 24.1 Å². The van der Waals surface area contributed by atoms with Crippen LogP contribution in [-0.2, 0) is 4.74 Å². The first kappa shape index (κ1) is 11.7.